The number of para-hydroxylation sites is 1. The van der Waals surface area contributed by atoms with Crippen molar-refractivity contribution >= 4 is 5.91 Å². The zero-order valence-corrected chi connectivity index (χ0v) is 19.1. The van der Waals surface area contributed by atoms with Crippen molar-refractivity contribution in [3.05, 3.63) is 103 Å². The summed E-state index contributed by atoms with van der Waals surface area (Å²) >= 11 is 0. The number of rotatable bonds is 7. The first-order valence-corrected chi connectivity index (χ1v) is 11.7. The molecular weight excluding hydrogens is 424 g/mol. The Morgan fingerprint density at radius 2 is 1.41 bits per heavy atom. The number of ether oxygens (including phenoxy) is 1. The van der Waals surface area contributed by atoms with Crippen molar-refractivity contribution in [1.82, 2.24) is 19.4 Å². The molecule has 1 aromatic heterocycles. The lowest BCUT2D eigenvalue weighted by molar-refractivity contribution is 0.0633. The Balaban J connectivity index is 1.12. The van der Waals surface area contributed by atoms with Crippen LogP contribution in [-0.4, -0.2) is 58.0 Å². The lowest BCUT2D eigenvalue weighted by atomic mass is 10.1. The summed E-state index contributed by atoms with van der Waals surface area (Å²) in [5.41, 5.74) is 1.82. The third-order valence-corrected chi connectivity index (χ3v) is 6.14. The van der Waals surface area contributed by atoms with E-state index in [0.717, 1.165) is 62.2 Å². The predicted octanol–water partition coefficient (Wildman–Crippen LogP) is 4.80. The van der Waals surface area contributed by atoms with Gasteiger partial charge in [-0.05, 0) is 36.4 Å². The minimum absolute atomic E-state index is 0.0758. The summed E-state index contributed by atoms with van der Waals surface area (Å²) in [6.45, 7) is 5.02. The van der Waals surface area contributed by atoms with Gasteiger partial charge in [-0.15, -0.1) is 0 Å². The molecule has 2 heterocycles. The number of amides is 1. The molecule has 172 valence electrons. The summed E-state index contributed by atoms with van der Waals surface area (Å²) in [7, 11) is 0. The first kappa shape index (κ1) is 21.9. The van der Waals surface area contributed by atoms with E-state index < -0.39 is 0 Å². The molecule has 0 N–H and O–H groups in total. The third kappa shape index (κ3) is 5.18. The molecule has 1 fully saturated rings. The van der Waals surface area contributed by atoms with Crippen LogP contribution in [0.25, 0.3) is 11.4 Å². The molecule has 4 aromatic rings. The Kier molecular flexibility index (Phi) is 6.68. The quantitative estimate of drug-likeness (QED) is 0.404. The summed E-state index contributed by atoms with van der Waals surface area (Å²) in [5, 5.41) is 0. The van der Waals surface area contributed by atoms with Gasteiger partial charge in [-0.2, -0.15) is 0 Å². The molecule has 1 aliphatic rings. The molecule has 0 spiro atoms. The number of carbonyl (C=O) groups excluding carboxylic acids is 1. The zero-order chi connectivity index (χ0) is 23.2. The normalized spacial score (nSPS) is 14.2. The SMILES string of the molecule is O=C(c1ccc(Oc2ccccc2)cc1)N1CCN(CCn2ccnc2-c2ccccc2)CC1. The van der Waals surface area contributed by atoms with E-state index in [1.807, 2.05) is 90.1 Å². The fourth-order valence-corrected chi connectivity index (χ4v) is 4.23. The van der Waals surface area contributed by atoms with Gasteiger partial charge >= 0.3 is 0 Å². The van der Waals surface area contributed by atoms with Crippen LogP contribution in [0.3, 0.4) is 0 Å². The minimum atomic E-state index is 0.0758. The van der Waals surface area contributed by atoms with Gasteiger partial charge in [-0.1, -0.05) is 48.5 Å². The second kappa shape index (κ2) is 10.4. The molecule has 34 heavy (non-hydrogen) atoms. The highest BCUT2D eigenvalue weighted by Crippen LogP contribution is 2.22. The van der Waals surface area contributed by atoms with Gasteiger partial charge in [0.2, 0.25) is 0 Å². The van der Waals surface area contributed by atoms with Crippen LogP contribution in [0.2, 0.25) is 0 Å². The molecular formula is C28H28N4O2. The Hall–Kier alpha value is -3.90. The number of hydrogen-bond acceptors (Lipinski definition) is 4. The topological polar surface area (TPSA) is 50.6 Å². The maximum absolute atomic E-state index is 13.0. The molecule has 0 saturated carbocycles. The highest BCUT2D eigenvalue weighted by molar-refractivity contribution is 5.94. The van der Waals surface area contributed by atoms with E-state index in [1.165, 1.54) is 0 Å². The predicted molar refractivity (Wildman–Crippen MR) is 133 cm³/mol. The van der Waals surface area contributed by atoms with Crippen molar-refractivity contribution < 1.29 is 9.53 Å². The molecule has 3 aromatic carbocycles. The van der Waals surface area contributed by atoms with E-state index in [2.05, 4.69) is 26.6 Å². The number of aromatic nitrogens is 2. The fraction of sp³-hybridized carbons (Fsp3) is 0.214. The second-order valence-corrected chi connectivity index (χ2v) is 8.38. The van der Waals surface area contributed by atoms with Crippen LogP contribution < -0.4 is 4.74 Å². The average molecular weight is 453 g/mol. The number of benzene rings is 3. The largest absolute Gasteiger partial charge is 0.457 e. The molecule has 1 aliphatic heterocycles. The Labute approximate surface area is 200 Å². The molecule has 5 rings (SSSR count). The molecule has 6 nitrogen and oxygen atoms in total. The van der Waals surface area contributed by atoms with E-state index in [-0.39, 0.29) is 5.91 Å². The molecule has 0 aliphatic carbocycles. The maximum Gasteiger partial charge on any atom is 0.253 e. The van der Waals surface area contributed by atoms with Crippen LogP contribution in [0, 0.1) is 0 Å². The number of carbonyl (C=O) groups is 1. The average Bonchev–Trinajstić information content (AvgIpc) is 3.38. The number of nitrogens with zero attached hydrogens (tertiary/aromatic N) is 4. The van der Waals surface area contributed by atoms with Gasteiger partial charge in [0, 0.05) is 62.8 Å². The number of piperazine rings is 1. The van der Waals surface area contributed by atoms with Crippen LogP contribution in [0.4, 0.5) is 0 Å². The van der Waals surface area contributed by atoms with Crippen molar-refractivity contribution in [3.63, 3.8) is 0 Å². The van der Waals surface area contributed by atoms with E-state index >= 15 is 0 Å². The van der Waals surface area contributed by atoms with Crippen LogP contribution in [0.15, 0.2) is 97.3 Å². The molecule has 1 saturated heterocycles. The first-order chi connectivity index (χ1) is 16.8. The van der Waals surface area contributed by atoms with Gasteiger partial charge in [-0.25, -0.2) is 4.98 Å². The summed E-state index contributed by atoms with van der Waals surface area (Å²) in [4.78, 5) is 21.9. The highest BCUT2D eigenvalue weighted by atomic mass is 16.5. The maximum atomic E-state index is 13.0. The van der Waals surface area contributed by atoms with Gasteiger partial charge in [0.25, 0.3) is 5.91 Å². The van der Waals surface area contributed by atoms with Crippen molar-refractivity contribution in [3.8, 4) is 22.9 Å². The van der Waals surface area contributed by atoms with E-state index in [1.54, 1.807) is 0 Å². The van der Waals surface area contributed by atoms with Crippen molar-refractivity contribution in [2.24, 2.45) is 0 Å². The van der Waals surface area contributed by atoms with E-state index in [0.29, 0.717) is 5.56 Å². The Bertz CT molecular complexity index is 1200. The number of imidazole rings is 1. The summed E-state index contributed by atoms with van der Waals surface area (Å²) in [6, 6.07) is 27.3. The lowest BCUT2D eigenvalue weighted by Crippen LogP contribution is -2.49. The Morgan fingerprint density at radius 1 is 0.765 bits per heavy atom. The Morgan fingerprint density at radius 3 is 2.12 bits per heavy atom. The monoisotopic (exact) mass is 452 g/mol. The summed E-state index contributed by atoms with van der Waals surface area (Å²) in [5.74, 6) is 2.58. The highest BCUT2D eigenvalue weighted by Gasteiger charge is 2.22. The second-order valence-electron chi connectivity index (χ2n) is 8.38. The molecule has 0 radical (unpaired) electrons. The summed E-state index contributed by atoms with van der Waals surface area (Å²) in [6.07, 6.45) is 3.89. The molecule has 6 heteroatoms. The van der Waals surface area contributed by atoms with Crippen LogP contribution in [0.1, 0.15) is 10.4 Å². The van der Waals surface area contributed by atoms with E-state index in [9.17, 15) is 4.79 Å². The van der Waals surface area contributed by atoms with Crippen molar-refractivity contribution in [1.29, 1.82) is 0 Å². The summed E-state index contributed by atoms with van der Waals surface area (Å²) < 4.78 is 8.03. The standard InChI is InChI=1S/C28H28N4O2/c33-28(24-11-13-26(14-12-24)34-25-9-5-2-6-10-25)32-21-18-30(19-22-32)17-20-31-16-15-29-27(31)23-7-3-1-4-8-23/h1-16H,17-22H2. The van der Waals surface area contributed by atoms with Gasteiger partial charge in [0.05, 0.1) is 0 Å². The van der Waals surface area contributed by atoms with Crippen LogP contribution in [0.5, 0.6) is 11.5 Å². The molecule has 0 unspecified atom stereocenters. The van der Waals surface area contributed by atoms with Crippen molar-refractivity contribution in [2.75, 3.05) is 32.7 Å². The first-order valence-electron chi connectivity index (χ1n) is 11.7. The van der Waals surface area contributed by atoms with Crippen molar-refractivity contribution in [2.45, 2.75) is 6.54 Å². The third-order valence-electron chi connectivity index (χ3n) is 6.14. The fourth-order valence-electron chi connectivity index (χ4n) is 4.23. The lowest BCUT2D eigenvalue weighted by Gasteiger charge is -2.35. The zero-order valence-electron chi connectivity index (χ0n) is 19.1. The van der Waals surface area contributed by atoms with Gasteiger partial charge < -0.3 is 14.2 Å². The molecule has 0 atom stereocenters. The van der Waals surface area contributed by atoms with Gasteiger partial charge in [0.1, 0.15) is 17.3 Å². The van der Waals surface area contributed by atoms with E-state index in [4.69, 9.17) is 4.74 Å². The minimum Gasteiger partial charge on any atom is -0.457 e. The number of hydrogen-bond donors (Lipinski definition) is 0. The van der Waals surface area contributed by atoms with Gasteiger partial charge in [-0.3, -0.25) is 9.69 Å². The van der Waals surface area contributed by atoms with Gasteiger partial charge in [0.15, 0.2) is 0 Å². The van der Waals surface area contributed by atoms with Crippen LogP contribution >= 0.6 is 0 Å². The van der Waals surface area contributed by atoms with Crippen LogP contribution in [-0.2, 0) is 6.54 Å². The molecule has 1 amide bonds. The smallest absolute Gasteiger partial charge is 0.253 e. The molecule has 0 bridgehead atoms.